The fourth-order valence-electron chi connectivity index (χ4n) is 1.91. The molecule has 0 aromatic heterocycles. The van der Waals surface area contributed by atoms with Crippen molar-refractivity contribution in [3.8, 4) is 5.75 Å². The Hall–Kier alpha value is -1.16. The Morgan fingerprint density at radius 3 is 2.47 bits per heavy atom. The molecule has 0 saturated heterocycles. The first-order valence-electron chi connectivity index (χ1n) is 5.60. The molecule has 0 atom stereocenters. The molecule has 2 nitrogen and oxygen atoms in total. The van der Waals surface area contributed by atoms with E-state index in [1.54, 1.807) is 14.0 Å². The molecule has 0 heterocycles. The SMILES string of the molecule is CNCCC(F)(F)c1cc(C)cc(C)c1OC. The summed E-state index contributed by atoms with van der Waals surface area (Å²) in [6.07, 6.45) is -0.233. The topological polar surface area (TPSA) is 21.3 Å². The average Bonchev–Trinajstić information content (AvgIpc) is 2.25. The van der Waals surface area contributed by atoms with Crippen molar-refractivity contribution in [2.75, 3.05) is 20.7 Å². The summed E-state index contributed by atoms with van der Waals surface area (Å²) in [5, 5.41) is 2.74. The highest BCUT2D eigenvalue weighted by Crippen LogP contribution is 2.39. The smallest absolute Gasteiger partial charge is 0.278 e. The minimum absolute atomic E-state index is 0.0206. The maximum Gasteiger partial charge on any atom is 0.278 e. The Morgan fingerprint density at radius 1 is 1.29 bits per heavy atom. The summed E-state index contributed by atoms with van der Waals surface area (Å²) in [5.41, 5.74) is 1.54. The Kier molecular flexibility index (Phi) is 4.46. The molecule has 96 valence electrons. The van der Waals surface area contributed by atoms with Crippen molar-refractivity contribution in [1.82, 2.24) is 5.32 Å². The lowest BCUT2D eigenvalue weighted by atomic mass is 9.98. The van der Waals surface area contributed by atoms with E-state index >= 15 is 0 Å². The quantitative estimate of drug-likeness (QED) is 0.858. The molecule has 1 rings (SSSR count). The number of rotatable bonds is 5. The molecule has 0 aliphatic rings. The zero-order valence-corrected chi connectivity index (χ0v) is 10.7. The minimum atomic E-state index is -2.87. The Morgan fingerprint density at radius 2 is 1.94 bits per heavy atom. The molecule has 0 aliphatic carbocycles. The molecule has 0 aliphatic heterocycles. The van der Waals surface area contributed by atoms with E-state index in [2.05, 4.69) is 5.32 Å². The van der Waals surface area contributed by atoms with Gasteiger partial charge in [-0.05, 0) is 32.5 Å². The second kappa shape index (κ2) is 5.45. The van der Waals surface area contributed by atoms with Crippen LogP contribution in [0.15, 0.2) is 12.1 Å². The predicted molar refractivity (Wildman–Crippen MR) is 64.9 cm³/mol. The zero-order valence-electron chi connectivity index (χ0n) is 10.7. The zero-order chi connectivity index (χ0) is 13.1. The van der Waals surface area contributed by atoms with Crippen molar-refractivity contribution in [3.05, 3.63) is 28.8 Å². The maximum atomic E-state index is 14.0. The van der Waals surface area contributed by atoms with E-state index in [-0.39, 0.29) is 24.3 Å². The fraction of sp³-hybridized carbons (Fsp3) is 0.538. The average molecular weight is 243 g/mol. The number of methoxy groups -OCH3 is 1. The first-order chi connectivity index (χ1) is 7.92. The molecule has 1 aromatic rings. The Bertz CT molecular complexity index is 391. The molecule has 17 heavy (non-hydrogen) atoms. The number of nitrogens with one attached hydrogen (secondary N) is 1. The van der Waals surface area contributed by atoms with E-state index in [0.717, 1.165) is 11.1 Å². The van der Waals surface area contributed by atoms with Crippen molar-refractivity contribution >= 4 is 0 Å². The van der Waals surface area contributed by atoms with Crippen molar-refractivity contribution < 1.29 is 13.5 Å². The number of aryl methyl sites for hydroxylation is 2. The normalized spacial score (nSPS) is 11.6. The summed E-state index contributed by atoms with van der Waals surface area (Å²) in [7, 11) is 3.09. The molecule has 4 heteroatoms. The summed E-state index contributed by atoms with van der Waals surface area (Å²) in [6.45, 7) is 3.86. The standard InChI is InChI=1S/C13H19F2NO/c1-9-7-10(2)12(17-4)11(8-9)13(14,15)5-6-16-3/h7-8,16H,5-6H2,1-4H3. The first-order valence-corrected chi connectivity index (χ1v) is 5.60. The Labute approximate surface area is 101 Å². The lowest BCUT2D eigenvalue weighted by Gasteiger charge is -2.21. The van der Waals surface area contributed by atoms with Crippen LogP contribution in [0.5, 0.6) is 5.75 Å². The summed E-state index contributed by atoms with van der Waals surface area (Å²) in [4.78, 5) is 0. The number of halogens is 2. The van der Waals surface area contributed by atoms with Gasteiger partial charge in [0.05, 0.1) is 12.7 Å². The molecule has 0 unspecified atom stereocenters. The van der Waals surface area contributed by atoms with Crippen LogP contribution in [0.1, 0.15) is 23.1 Å². The summed E-state index contributed by atoms with van der Waals surface area (Å²) >= 11 is 0. The highest BCUT2D eigenvalue weighted by molar-refractivity contribution is 5.46. The molecular weight excluding hydrogens is 224 g/mol. The van der Waals surface area contributed by atoms with Gasteiger partial charge in [-0.1, -0.05) is 11.6 Å². The molecular formula is C13H19F2NO. The maximum absolute atomic E-state index is 14.0. The molecule has 0 fully saturated rings. The lowest BCUT2D eigenvalue weighted by molar-refractivity contribution is -0.0145. The predicted octanol–water partition coefficient (Wildman–Crippen LogP) is 3.01. The molecule has 0 amide bonds. The van der Waals surface area contributed by atoms with Crippen molar-refractivity contribution in [3.63, 3.8) is 0 Å². The Balaban J connectivity index is 3.18. The van der Waals surface area contributed by atoms with Crippen LogP contribution >= 0.6 is 0 Å². The van der Waals surface area contributed by atoms with Crippen LogP contribution in [0.2, 0.25) is 0 Å². The fourth-order valence-corrected chi connectivity index (χ4v) is 1.91. The minimum Gasteiger partial charge on any atom is -0.496 e. The van der Waals surface area contributed by atoms with Gasteiger partial charge in [-0.25, -0.2) is 8.78 Å². The van der Waals surface area contributed by atoms with E-state index < -0.39 is 5.92 Å². The molecule has 0 spiro atoms. The third-order valence-corrected chi connectivity index (χ3v) is 2.71. The summed E-state index contributed by atoms with van der Waals surface area (Å²) < 4.78 is 33.2. The third kappa shape index (κ3) is 3.16. The van der Waals surface area contributed by atoms with Gasteiger partial charge in [0.2, 0.25) is 0 Å². The van der Waals surface area contributed by atoms with E-state index in [9.17, 15) is 8.78 Å². The van der Waals surface area contributed by atoms with Crippen LogP contribution in [0.25, 0.3) is 0 Å². The molecule has 0 saturated carbocycles. The van der Waals surface area contributed by atoms with Crippen LogP contribution in [0, 0.1) is 13.8 Å². The van der Waals surface area contributed by atoms with E-state index in [0.29, 0.717) is 0 Å². The van der Waals surface area contributed by atoms with Gasteiger partial charge in [-0.15, -0.1) is 0 Å². The van der Waals surface area contributed by atoms with Crippen LogP contribution in [-0.4, -0.2) is 20.7 Å². The number of hydrogen-bond donors (Lipinski definition) is 1. The van der Waals surface area contributed by atoms with Gasteiger partial charge in [0.1, 0.15) is 5.75 Å². The van der Waals surface area contributed by atoms with Gasteiger partial charge < -0.3 is 10.1 Å². The highest BCUT2D eigenvalue weighted by atomic mass is 19.3. The van der Waals surface area contributed by atoms with E-state index in [4.69, 9.17) is 4.74 Å². The largest absolute Gasteiger partial charge is 0.496 e. The van der Waals surface area contributed by atoms with Crippen molar-refractivity contribution in [2.45, 2.75) is 26.2 Å². The third-order valence-electron chi connectivity index (χ3n) is 2.71. The summed E-state index contributed by atoms with van der Waals surface area (Å²) in [6, 6.07) is 3.35. The second-order valence-corrected chi connectivity index (χ2v) is 4.22. The van der Waals surface area contributed by atoms with Crippen LogP contribution in [0.3, 0.4) is 0 Å². The molecule has 0 bridgehead atoms. The second-order valence-electron chi connectivity index (χ2n) is 4.22. The van der Waals surface area contributed by atoms with Gasteiger partial charge in [-0.3, -0.25) is 0 Å². The number of benzene rings is 1. The van der Waals surface area contributed by atoms with Gasteiger partial charge in [0, 0.05) is 13.0 Å². The molecule has 0 radical (unpaired) electrons. The van der Waals surface area contributed by atoms with Crippen LogP contribution in [0.4, 0.5) is 8.78 Å². The first kappa shape index (κ1) is 13.9. The van der Waals surface area contributed by atoms with Gasteiger partial charge in [0.15, 0.2) is 0 Å². The monoisotopic (exact) mass is 243 g/mol. The van der Waals surface area contributed by atoms with Gasteiger partial charge >= 0.3 is 0 Å². The molecule has 1 aromatic carbocycles. The van der Waals surface area contributed by atoms with Crippen molar-refractivity contribution in [1.29, 1.82) is 0 Å². The van der Waals surface area contributed by atoms with Crippen LogP contribution in [-0.2, 0) is 5.92 Å². The van der Waals surface area contributed by atoms with E-state index in [1.807, 2.05) is 13.0 Å². The summed E-state index contributed by atoms with van der Waals surface area (Å²) in [5.74, 6) is -2.58. The van der Waals surface area contributed by atoms with Crippen molar-refractivity contribution in [2.24, 2.45) is 0 Å². The highest BCUT2D eigenvalue weighted by Gasteiger charge is 2.34. The lowest BCUT2D eigenvalue weighted by Crippen LogP contribution is -2.22. The number of alkyl halides is 2. The van der Waals surface area contributed by atoms with Gasteiger partial charge in [0.25, 0.3) is 5.92 Å². The van der Waals surface area contributed by atoms with Gasteiger partial charge in [-0.2, -0.15) is 0 Å². The number of ether oxygens (including phenoxy) is 1. The van der Waals surface area contributed by atoms with Crippen LogP contribution < -0.4 is 10.1 Å². The van der Waals surface area contributed by atoms with E-state index in [1.165, 1.54) is 13.2 Å². The number of hydrogen-bond acceptors (Lipinski definition) is 2. The molecule has 1 N–H and O–H groups in total.